The summed E-state index contributed by atoms with van der Waals surface area (Å²) in [5.74, 6) is -1.51. The van der Waals surface area contributed by atoms with Crippen LogP contribution >= 0.6 is 11.3 Å². The molecule has 0 radical (unpaired) electrons. The highest BCUT2D eigenvalue weighted by Crippen LogP contribution is 2.44. The molecular weight excluding hydrogens is 466 g/mol. The number of rotatable bonds is 7. The zero-order valence-corrected chi connectivity index (χ0v) is 19.7. The van der Waals surface area contributed by atoms with Crippen LogP contribution in [-0.2, 0) is 16.1 Å². The van der Waals surface area contributed by atoms with Gasteiger partial charge in [-0.2, -0.15) is 0 Å². The van der Waals surface area contributed by atoms with Crippen LogP contribution in [0.4, 0.5) is 4.79 Å². The van der Waals surface area contributed by atoms with Gasteiger partial charge >= 0.3 is 12.1 Å². The first-order chi connectivity index (χ1) is 17.0. The van der Waals surface area contributed by atoms with E-state index in [-0.39, 0.29) is 31.0 Å². The molecule has 2 amide bonds. The molecule has 0 aliphatic heterocycles. The van der Waals surface area contributed by atoms with Crippen molar-refractivity contribution in [3.8, 4) is 11.1 Å². The van der Waals surface area contributed by atoms with E-state index in [9.17, 15) is 14.4 Å². The van der Waals surface area contributed by atoms with Crippen molar-refractivity contribution in [3.63, 3.8) is 0 Å². The van der Waals surface area contributed by atoms with Crippen molar-refractivity contribution in [2.24, 2.45) is 5.92 Å². The van der Waals surface area contributed by atoms with Crippen molar-refractivity contribution in [2.75, 3.05) is 6.61 Å². The Morgan fingerprint density at radius 3 is 2.37 bits per heavy atom. The molecule has 0 bridgehead atoms. The van der Waals surface area contributed by atoms with E-state index in [0.29, 0.717) is 29.1 Å². The number of aliphatic carboxylic acids is 1. The quantitative estimate of drug-likeness (QED) is 0.457. The van der Waals surface area contributed by atoms with Crippen LogP contribution in [0, 0.1) is 5.92 Å². The maximum Gasteiger partial charge on any atom is 0.407 e. The van der Waals surface area contributed by atoms with Gasteiger partial charge in [-0.25, -0.2) is 9.78 Å². The third-order valence-electron chi connectivity index (χ3n) is 6.62. The Labute approximate surface area is 206 Å². The van der Waals surface area contributed by atoms with Crippen LogP contribution in [0.1, 0.15) is 51.0 Å². The van der Waals surface area contributed by atoms with Crippen molar-refractivity contribution in [3.05, 3.63) is 75.7 Å². The lowest BCUT2D eigenvalue weighted by Gasteiger charge is -2.14. The van der Waals surface area contributed by atoms with Crippen LogP contribution in [0.5, 0.6) is 0 Å². The normalized spacial score (nSPS) is 18.5. The molecule has 2 aliphatic rings. The Balaban J connectivity index is 1.12. The van der Waals surface area contributed by atoms with Crippen LogP contribution < -0.4 is 10.6 Å². The first kappa shape index (κ1) is 23.0. The van der Waals surface area contributed by atoms with Crippen molar-refractivity contribution in [2.45, 2.75) is 37.8 Å². The number of hydrogen-bond acceptors (Lipinski definition) is 6. The number of hydrogen-bond donors (Lipinski definition) is 3. The van der Waals surface area contributed by atoms with E-state index in [1.165, 1.54) is 28.7 Å². The van der Waals surface area contributed by atoms with Gasteiger partial charge in [0.05, 0.1) is 18.7 Å². The molecule has 0 unspecified atom stereocenters. The zero-order valence-electron chi connectivity index (χ0n) is 18.9. The van der Waals surface area contributed by atoms with Gasteiger partial charge < -0.3 is 20.5 Å². The van der Waals surface area contributed by atoms with Crippen molar-refractivity contribution >= 4 is 29.3 Å². The van der Waals surface area contributed by atoms with E-state index in [1.807, 2.05) is 24.3 Å². The van der Waals surface area contributed by atoms with Crippen LogP contribution in [-0.4, -0.2) is 40.7 Å². The van der Waals surface area contributed by atoms with E-state index in [2.05, 4.69) is 39.9 Å². The minimum Gasteiger partial charge on any atom is -0.481 e. The average molecular weight is 492 g/mol. The molecule has 0 spiro atoms. The fourth-order valence-electron chi connectivity index (χ4n) is 4.89. The predicted octanol–water partition coefficient (Wildman–Crippen LogP) is 4.16. The Morgan fingerprint density at radius 2 is 1.71 bits per heavy atom. The molecule has 3 N–H and O–H groups in total. The van der Waals surface area contributed by atoms with Gasteiger partial charge in [-0.1, -0.05) is 48.5 Å². The number of alkyl carbamates (subject to hydrolysis) is 1. The minimum absolute atomic E-state index is 0.0142. The highest BCUT2D eigenvalue weighted by atomic mass is 32.1. The van der Waals surface area contributed by atoms with Crippen LogP contribution in [0.3, 0.4) is 0 Å². The second kappa shape index (κ2) is 9.87. The maximum absolute atomic E-state index is 12.5. The molecule has 1 aromatic heterocycles. The highest BCUT2D eigenvalue weighted by Gasteiger charge is 2.31. The Morgan fingerprint density at radius 1 is 1.03 bits per heavy atom. The molecule has 8 nitrogen and oxygen atoms in total. The molecule has 180 valence electrons. The number of nitrogens with one attached hydrogen (secondary N) is 2. The van der Waals surface area contributed by atoms with E-state index in [4.69, 9.17) is 9.84 Å². The predicted molar refractivity (Wildman–Crippen MR) is 130 cm³/mol. The number of benzene rings is 2. The molecule has 1 fully saturated rings. The Hall–Kier alpha value is -3.72. The summed E-state index contributed by atoms with van der Waals surface area (Å²) in [7, 11) is 0. The third kappa shape index (κ3) is 4.90. The second-order valence-electron chi connectivity index (χ2n) is 8.82. The number of aromatic nitrogens is 1. The van der Waals surface area contributed by atoms with Crippen LogP contribution in [0.2, 0.25) is 0 Å². The average Bonchev–Trinajstić information content (AvgIpc) is 3.59. The molecule has 2 aliphatic carbocycles. The molecule has 5 rings (SSSR count). The topological polar surface area (TPSA) is 118 Å². The van der Waals surface area contributed by atoms with Crippen molar-refractivity contribution in [1.29, 1.82) is 0 Å². The molecule has 35 heavy (non-hydrogen) atoms. The number of thiazole rings is 1. The number of carbonyl (C=O) groups excluding carboxylic acids is 2. The number of fused-ring (bicyclic) bond motifs is 3. The zero-order chi connectivity index (χ0) is 24.4. The largest absolute Gasteiger partial charge is 0.481 e. The SMILES string of the molecule is O=C(NCc1ncc(C(=O)N[C@H]2CC[C@@H](C(=O)O)C2)s1)OCC1c2ccccc2-c2ccccc21. The molecule has 2 aromatic carbocycles. The molecule has 1 saturated carbocycles. The van der Waals surface area contributed by atoms with Gasteiger partial charge in [0, 0.05) is 12.0 Å². The summed E-state index contributed by atoms with van der Waals surface area (Å²) in [5, 5.41) is 15.3. The van der Waals surface area contributed by atoms with Crippen molar-refractivity contribution < 1.29 is 24.2 Å². The van der Waals surface area contributed by atoms with Crippen molar-refractivity contribution in [1.82, 2.24) is 15.6 Å². The van der Waals surface area contributed by atoms with E-state index in [0.717, 1.165) is 11.1 Å². The number of carboxylic acids is 1. The van der Waals surface area contributed by atoms with Crippen LogP contribution in [0.15, 0.2) is 54.7 Å². The third-order valence-corrected chi connectivity index (χ3v) is 7.62. The lowest BCUT2D eigenvalue weighted by molar-refractivity contribution is -0.141. The summed E-state index contributed by atoms with van der Waals surface area (Å²) in [6.45, 7) is 0.378. The first-order valence-electron chi connectivity index (χ1n) is 11.6. The molecule has 2 atom stereocenters. The summed E-state index contributed by atoms with van der Waals surface area (Å²) in [6.07, 6.45) is 2.59. The van der Waals surface area contributed by atoms with E-state index in [1.54, 1.807) is 0 Å². The summed E-state index contributed by atoms with van der Waals surface area (Å²) in [4.78, 5) is 40.6. The molecular formula is C26H25N3O5S. The van der Waals surface area contributed by atoms with Gasteiger partial charge in [-0.15, -0.1) is 11.3 Å². The molecule has 1 heterocycles. The minimum atomic E-state index is -0.818. The summed E-state index contributed by atoms with van der Waals surface area (Å²) in [6, 6.07) is 16.2. The summed E-state index contributed by atoms with van der Waals surface area (Å²) < 4.78 is 5.53. The van der Waals surface area contributed by atoms with Gasteiger partial charge in [-0.3, -0.25) is 9.59 Å². The molecule has 0 saturated heterocycles. The Bertz CT molecular complexity index is 1230. The number of amides is 2. The Kier molecular flexibility index (Phi) is 6.50. The molecule has 9 heteroatoms. The van der Waals surface area contributed by atoms with Gasteiger partial charge in [-0.05, 0) is 41.5 Å². The number of carboxylic acid groups (broad SMARTS) is 1. The fourth-order valence-corrected chi connectivity index (χ4v) is 5.65. The molecule has 3 aromatic rings. The van der Waals surface area contributed by atoms with E-state index < -0.39 is 18.0 Å². The standard InChI is InChI=1S/C26H25N3O5S/c30-24(29-16-10-9-15(11-16)25(31)32)22-12-27-23(35-22)13-28-26(33)34-14-21-19-7-3-1-5-17(19)18-6-2-4-8-20(18)21/h1-8,12,15-16,21H,9-11,13-14H2,(H,28,33)(H,29,30)(H,31,32)/t15-,16+/m1/s1. The van der Waals surface area contributed by atoms with Gasteiger partial charge in [0.15, 0.2) is 0 Å². The number of ether oxygens (including phenoxy) is 1. The number of nitrogens with zero attached hydrogens (tertiary/aromatic N) is 1. The lowest BCUT2D eigenvalue weighted by atomic mass is 9.98. The highest BCUT2D eigenvalue weighted by molar-refractivity contribution is 7.13. The van der Waals surface area contributed by atoms with Gasteiger partial charge in [0.25, 0.3) is 5.91 Å². The summed E-state index contributed by atoms with van der Waals surface area (Å²) in [5.41, 5.74) is 4.63. The van der Waals surface area contributed by atoms with Gasteiger partial charge in [0.2, 0.25) is 0 Å². The maximum atomic E-state index is 12.5. The number of carbonyl (C=O) groups is 3. The summed E-state index contributed by atoms with van der Waals surface area (Å²) >= 11 is 1.19. The second-order valence-corrected chi connectivity index (χ2v) is 9.93. The van der Waals surface area contributed by atoms with Crippen LogP contribution in [0.25, 0.3) is 11.1 Å². The fraction of sp³-hybridized carbons (Fsp3) is 0.308. The smallest absolute Gasteiger partial charge is 0.407 e. The monoisotopic (exact) mass is 491 g/mol. The first-order valence-corrected chi connectivity index (χ1v) is 12.4. The lowest BCUT2D eigenvalue weighted by Crippen LogP contribution is -2.32. The van der Waals surface area contributed by atoms with Gasteiger partial charge in [0.1, 0.15) is 16.5 Å². The van der Waals surface area contributed by atoms with E-state index >= 15 is 0 Å².